The summed E-state index contributed by atoms with van der Waals surface area (Å²) in [4.78, 5) is 28.1. The normalized spacial score (nSPS) is 35.2. The molecule has 2 bridgehead atoms. The number of hydrogen-bond acceptors (Lipinski definition) is 2. The van der Waals surface area contributed by atoms with Gasteiger partial charge in [-0.15, -0.1) is 0 Å². The summed E-state index contributed by atoms with van der Waals surface area (Å²) in [5.74, 6) is -1.14. The van der Waals surface area contributed by atoms with E-state index in [1.165, 1.54) is 11.1 Å². The van der Waals surface area contributed by atoms with E-state index in [0.717, 1.165) is 38.5 Å². The standard InChI is InChI=1S/C24H29NO3/c1-15-13-24(10-4-5-11-24)25(14-18-6-2-3-7-19(15)18)22(26)20-16-8-9-17(12-16)21(20)23(27)28/h2-3,6-9,15-17,20-21H,4-5,10-14H2,1H3,(H,27,28). The van der Waals surface area contributed by atoms with E-state index >= 15 is 0 Å². The van der Waals surface area contributed by atoms with E-state index in [9.17, 15) is 14.7 Å². The maximum absolute atomic E-state index is 14.0. The Kier molecular flexibility index (Phi) is 4.15. The lowest BCUT2D eigenvalue weighted by atomic mass is 9.79. The number of rotatable bonds is 2. The summed E-state index contributed by atoms with van der Waals surface area (Å²) in [7, 11) is 0. The van der Waals surface area contributed by atoms with Gasteiger partial charge in [0.05, 0.1) is 11.8 Å². The molecule has 0 saturated heterocycles. The largest absolute Gasteiger partial charge is 0.481 e. The van der Waals surface area contributed by atoms with Gasteiger partial charge in [-0.2, -0.15) is 0 Å². The van der Waals surface area contributed by atoms with Crippen LogP contribution in [0.25, 0.3) is 0 Å². The van der Waals surface area contributed by atoms with Gasteiger partial charge in [-0.05, 0) is 54.6 Å². The number of benzene rings is 1. The first kappa shape index (κ1) is 18.0. The number of carbonyl (C=O) groups excluding carboxylic acids is 1. The predicted octanol–water partition coefficient (Wildman–Crippen LogP) is 4.36. The fourth-order valence-electron chi connectivity index (χ4n) is 6.78. The number of amides is 1. The first-order valence-electron chi connectivity index (χ1n) is 10.8. The van der Waals surface area contributed by atoms with E-state index in [0.29, 0.717) is 12.5 Å². The van der Waals surface area contributed by atoms with E-state index < -0.39 is 17.8 Å². The Morgan fingerprint density at radius 3 is 2.46 bits per heavy atom. The number of nitrogens with zero attached hydrogens (tertiary/aromatic N) is 1. The highest BCUT2D eigenvalue weighted by Gasteiger charge is 2.55. The highest BCUT2D eigenvalue weighted by molar-refractivity contribution is 5.87. The minimum absolute atomic E-state index is 0.0224. The summed E-state index contributed by atoms with van der Waals surface area (Å²) in [6, 6.07) is 8.50. The molecule has 0 aromatic heterocycles. The fourth-order valence-corrected chi connectivity index (χ4v) is 6.78. The monoisotopic (exact) mass is 379 g/mol. The molecule has 1 amide bonds. The SMILES string of the molecule is CC1CC2(CCCC2)N(C(=O)C2C3C=CC(C3)C2C(=O)O)Cc2ccccc21. The van der Waals surface area contributed by atoms with Crippen molar-refractivity contribution in [1.29, 1.82) is 0 Å². The predicted molar refractivity (Wildman–Crippen MR) is 107 cm³/mol. The summed E-state index contributed by atoms with van der Waals surface area (Å²) < 4.78 is 0. The average molecular weight is 380 g/mol. The quantitative estimate of drug-likeness (QED) is 0.777. The van der Waals surface area contributed by atoms with Crippen molar-refractivity contribution >= 4 is 11.9 Å². The first-order valence-corrected chi connectivity index (χ1v) is 10.8. The van der Waals surface area contributed by atoms with Crippen LogP contribution in [0.15, 0.2) is 36.4 Å². The minimum Gasteiger partial charge on any atom is -0.481 e. The van der Waals surface area contributed by atoms with Crippen LogP contribution in [0.3, 0.4) is 0 Å². The molecule has 1 N–H and O–H groups in total. The molecule has 4 aliphatic rings. The zero-order chi connectivity index (χ0) is 19.5. The second kappa shape index (κ2) is 6.47. The molecule has 0 radical (unpaired) electrons. The molecule has 3 aliphatic carbocycles. The van der Waals surface area contributed by atoms with Gasteiger partial charge in [0.15, 0.2) is 0 Å². The lowest BCUT2D eigenvalue weighted by Crippen LogP contribution is -2.53. The molecule has 5 unspecified atom stereocenters. The van der Waals surface area contributed by atoms with Crippen LogP contribution >= 0.6 is 0 Å². The van der Waals surface area contributed by atoms with Gasteiger partial charge < -0.3 is 10.0 Å². The number of carboxylic acids is 1. The molecule has 4 heteroatoms. The van der Waals surface area contributed by atoms with Crippen molar-refractivity contribution in [1.82, 2.24) is 4.90 Å². The Bertz CT molecular complexity index is 838. The molecule has 148 valence electrons. The van der Waals surface area contributed by atoms with Crippen molar-refractivity contribution in [3.8, 4) is 0 Å². The Hall–Kier alpha value is -2.10. The maximum atomic E-state index is 14.0. The topological polar surface area (TPSA) is 57.6 Å². The minimum atomic E-state index is -0.806. The van der Waals surface area contributed by atoms with Crippen molar-refractivity contribution in [2.45, 2.75) is 63.5 Å². The number of fused-ring (bicyclic) bond motifs is 3. The van der Waals surface area contributed by atoms with Crippen molar-refractivity contribution in [2.24, 2.45) is 23.7 Å². The van der Waals surface area contributed by atoms with Crippen molar-refractivity contribution in [3.63, 3.8) is 0 Å². The van der Waals surface area contributed by atoms with Crippen LogP contribution in [0.4, 0.5) is 0 Å². The van der Waals surface area contributed by atoms with E-state index in [1.807, 2.05) is 6.08 Å². The van der Waals surface area contributed by atoms with Crippen molar-refractivity contribution < 1.29 is 14.7 Å². The molecule has 28 heavy (non-hydrogen) atoms. The third kappa shape index (κ3) is 2.57. The van der Waals surface area contributed by atoms with E-state index in [4.69, 9.17) is 0 Å². The van der Waals surface area contributed by atoms with Gasteiger partial charge >= 0.3 is 5.97 Å². The Balaban J connectivity index is 1.55. The maximum Gasteiger partial charge on any atom is 0.307 e. The van der Waals surface area contributed by atoms with Crippen LogP contribution in [-0.2, 0) is 16.1 Å². The number of carbonyl (C=O) groups is 2. The van der Waals surface area contributed by atoms with Crippen molar-refractivity contribution in [2.75, 3.05) is 0 Å². The molecule has 1 aromatic rings. The lowest BCUT2D eigenvalue weighted by Gasteiger charge is -2.44. The average Bonchev–Trinajstić information content (AvgIpc) is 3.40. The third-order valence-corrected chi connectivity index (χ3v) is 8.00. The third-order valence-electron chi connectivity index (χ3n) is 8.00. The number of hydrogen-bond donors (Lipinski definition) is 1. The zero-order valence-electron chi connectivity index (χ0n) is 16.5. The first-order chi connectivity index (χ1) is 13.5. The Labute approximate surface area is 166 Å². The summed E-state index contributed by atoms with van der Waals surface area (Å²) in [6.45, 7) is 2.91. The molecule has 1 spiro atoms. The highest BCUT2D eigenvalue weighted by Crippen LogP contribution is 2.52. The van der Waals surface area contributed by atoms with Gasteiger partial charge in [0.2, 0.25) is 5.91 Å². The number of aliphatic carboxylic acids is 1. The second-order valence-corrected chi connectivity index (χ2v) is 9.50. The fraction of sp³-hybridized carbons (Fsp3) is 0.583. The molecular weight excluding hydrogens is 350 g/mol. The van der Waals surface area contributed by atoms with E-state index in [-0.39, 0.29) is 23.3 Å². The van der Waals surface area contributed by atoms with Gasteiger partial charge in [-0.1, -0.05) is 56.2 Å². The summed E-state index contributed by atoms with van der Waals surface area (Å²) in [5, 5.41) is 9.86. The number of carboxylic acid groups (broad SMARTS) is 1. The van der Waals surface area contributed by atoms with Crippen molar-refractivity contribution in [3.05, 3.63) is 47.5 Å². The van der Waals surface area contributed by atoms with Crippen LogP contribution in [-0.4, -0.2) is 27.4 Å². The smallest absolute Gasteiger partial charge is 0.307 e. The summed E-state index contributed by atoms with van der Waals surface area (Å²) >= 11 is 0. The van der Waals surface area contributed by atoms with Gasteiger partial charge in [-0.3, -0.25) is 9.59 Å². The molecule has 5 atom stereocenters. The highest BCUT2D eigenvalue weighted by atomic mass is 16.4. The van der Waals surface area contributed by atoms with Crippen LogP contribution < -0.4 is 0 Å². The van der Waals surface area contributed by atoms with Crippen LogP contribution in [0, 0.1) is 23.7 Å². The molecule has 2 fully saturated rings. The zero-order valence-corrected chi connectivity index (χ0v) is 16.5. The van der Waals surface area contributed by atoms with Crippen LogP contribution in [0.2, 0.25) is 0 Å². The van der Waals surface area contributed by atoms with Gasteiger partial charge in [0.1, 0.15) is 0 Å². The molecule has 2 saturated carbocycles. The molecule has 1 aromatic carbocycles. The van der Waals surface area contributed by atoms with Gasteiger partial charge in [-0.25, -0.2) is 0 Å². The van der Waals surface area contributed by atoms with Gasteiger partial charge in [0, 0.05) is 12.1 Å². The molecule has 4 nitrogen and oxygen atoms in total. The summed E-state index contributed by atoms with van der Waals surface area (Å²) in [5.41, 5.74) is 2.48. The lowest BCUT2D eigenvalue weighted by molar-refractivity contribution is -0.154. The van der Waals surface area contributed by atoms with Crippen LogP contribution in [0.5, 0.6) is 0 Å². The van der Waals surface area contributed by atoms with E-state index in [1.54, 1.807) is 0 Å². The molecule has 1 aliphatic heterocycles. The van der Waals surface area contributed by atoms with Crippen LogP contribution in [0.1, 0.15) is 62.5 Å². The second-order valence-electron chi connectivity index (χ2n) is 9.50. The Morgan fingerprint density at radius 1 is 1.07 bits per heavy atom. The van der Waals surface area contributed by atoms with E-state index in [2.05, 4.69) is 42.2 Å². The Morgan fingerprint density at radius 2 is 1.75 bits per heavy atom. The number of allylic oxidation sites excluding steroid dienone is 2. The summed E-state index contributed by atoms with van der Waals surface area (Å²) in [6.07, 6.45) is 10.3. The molecular formula is C24H29NO3. The molecule has 1 heterocycles. The molecule has 5 rings (SSSR count). The van der Waals surface area contributed by atoms with Gasteiger partial charge in [0.25, 0.3) is 0 Å².